The van der Waals surface area contributed by atoms with E-state index in [-0.39, 0.29) is 11.6 Å². The van der Waals surface area contributed by atoms with Crippen LogP contribution in [0.3, 0.4) is 0 Å². The SMILES string of the molecule is CC.CC(=O)C[n+]1ccccc1.CC(C)=O. The van der Waals surface area contributed by atoms with Gasteiger partial charge in [0, 0.05) is 19.1 Å². The summed E-state index contributed by atoms with van der Waals surface area (Å²) in [6, 6.07) is 5.74. The Hall–Kier alpha value is -1.51. The summed E-state index contributed by atoms with van der Waals surface area (Å²) in [6.07, 6.45) is 3.75. The Morgan fingerprint density at radius 1 is 0.938 bits per heavy atom. The molecule has 3 heteroatoms. The lowest BCUT2D eigenvalue weighted by Crippen LogP contribution is -2.35. The van der Waals surface area contributed by atoms with Gasteiger partial charge in [-0.25, -0.2) is 0 Å². The lowest BCUT2D eigenvalue weighted by atomic mass is 10.4. The van der Waals surface area contributed by atoms with E-state index in [2.05, 4.69) is 0 Å². The number of carbonyl (C=O) groups excluding carboxylic acids is 2. The smallest absolute Gasteiger partial charge is 0.206 e. The van der Waals surface area contributed by atoms with E-state index >= 15 is 0 Å². The molecule has 0 spiro atoms. The molecule has 90 valence electrons. The topological polar surface area (TPSA) is 38.0 Å². The minimum Gasteiger partial charge on any atom is -0.300 e. The van der Waals surface area contributed by atoms with Crippen molar-refractivity contribution >= 4 is 11.6 Å². The van der Waals surface area contributed by atoms with Crippen LogP contribution in [-0.2, 0) is 16.1 Å². The van der Waals surface area contributed by atoms with E-state index in [1.807, 2.05) is 49.0 Å². The van der Waals surface area contributed by atoms with Crippen molar-refractivity contribution in [1.82, 2.24) is 0 Å². The summed E-state index contributed by atoms with van der Waals surface area (Å²) in [6.45, 7) is 9.11. The molecule has 0 fully saturated rings. The Bertz CT molecular complexity index is 290. The fourth-order valence-electron chi connectivity index (χ4n) is 0.797. The first-order valence-corrected chi connectivity index (χ1v) is 5.43. The molecule has 0 bridgehead atoms. The Morgan fingerprint density at radius 3 is 1.62 bits per heavy atom. The Morgan fingerprint density at radius 2 is 1.31 bits per heavy atom. The van der Waals surface area contributed by atoms with Crippen molar-refractivity contribution in [2.75, 3.05) is 0 Å². The maximum absolute atomic E-state index is 10.6. The largest absolute Gasteiger partial charge is 0.300 e. The molecule has 0 amide bonds. The first-order valence-electron chi connectivity index (χ1n) is 5.43. The van der Waals surface area contributed by atoms with Crippen LogP contribution < -0.4 is 4.57 Å². The second-order valence-electron chi connectivity index (χ2n) is 3.16. The van der Waals surface area contributed by atoms with E-state index in [0.717, 1.165) is 0 Å². The van der Waals surface area contributed by atoms with Crippen LogP contribution in [0.4, 0.5) is 0 Å². The summed E-state index contributed by atoms with van der Waals surface area (Å²) >= 11 is 0. The van der Waals surface area contributed by atoms with Gasteiger partial charge in [-0.3, -0.25) is 4.79 Å². The molecular weight excluding hydrogens is 202 g/mol. The summed E-state index contributed by atoms with van der Waals surface area (Å²) in [5.74, 6) is 0.344. The van der Waals surface area contributed by atoms with Crippen molar-refractivity contribution in [3.05, 3.63) is 30.6 Å². The van der Waals surface area contributed by atoms with Crippen LogP contribution in [0.15, 0.2) is 30.6 Å². The van der Waals surface area contributed by atoms with Crippen molar-refractivity contribution in [2.45, 2.75) is 41.2 Å². The van der Waals surface area contributed by atoms with Crippen molar-refractivity contribution in [1.29, 1.82) is 0 Å². The third-order valence-electron chi connectivity index (χ3n) is 1.18. The predicted molar refractivity (Wildman–Crippen MR) is 65.0 cm³/mol. The summed E-state index contributed by atoms with van der Waals surface area (Å²) in [4.78, 5) is 20.0. The Kier molecular flexibility index (Phi) is 12.2. The van der Waals surface area contributed by atoms with E-state index < -0.39 is 0 Å². The molecule has 0 N–H and O–H groups in total. The monoisotopic (exact) mass is 224 g/mol. The van der Waals surface area contributed by atoms with Gasteiger partial charge in [0.25, 0.3) is 0 Å². The normalized spacial score (nSPS) is 7.81. The second-order valence-corrected chi connectivity index (χ2v) is 3.16. The molecule has 0 saturated heterocycles. The minimum absolute atomic E-state index is 0.167. The summed E-state index contributed by atoms with van der Waals surface area (Å²) in [5.41, 5.74) is 0. The number of nitrogens with zero attached hydrogens (tertiary/aromatic N) is 1. The number of pyridine rings is 1. The molecule has 0 aliphatic heterocycles. The highest BCUT2D eigenvalue weighted by Crippen LogP contribution is 1.77. The van der Waals surface area contributed by atoms with Crippen LogP contribution in [0.5, 0.6) is 0 Å². The number of hydrogen-bond acceptors (Lipinski definition) is 2. The summed E-state index contributed by atoms with van der Waals surface area (Å²) < 4.78 is 1.85. The second kappa shape index (κ2) is 11.6. The zero-order valence-electron chi connectivity index (χ0n) is 10.9. The van der Waals surface area contributed by atoms with E-state index in [1.165, 1.54) is 13.8 Å². The van der Waals surface area contributed by atoms with Gasteiger partial charge in [0.2, 0.25) is 6.54 Å². The van der Waals surface area contributed by atoms with Crippen LogP contribution in [0.1, 0.15) is 34.6 Å². The summed E-state index contributed by atoms with van der Waals surface area (Å²) in [5, 5.41) is 0. The van der Waals surface area contributed by atoms with Crippen LogP contribution in [-0.4, -0.2) is 11.6 Å². The van der Waals surface area contributed by atoms with Crippen molar-refractivity contribution < 1.29 is 14.2 Å². The number of aromatic nitrogens is 1. The number of Topliss-reactive ketones (excluding diaryl/α,β-unsaturated/α-hetero) is 2. The van der Waals surface area contributed by atoms with Gasteiger partial charge in [-0.2, -0.15) is 4.57 Å². The summed E-state index contributed by atoms with van der Waals surface area (Å²) in [7, 11) is 0. The molecule has 1 rings (SSSR count). The van der Waals surface area contributed by atoms with Crippen LogP contribution in [0, 0.1) is 0 Å². The Balaban J connectivity index is 0. The molecule has 1 heterocycles. The molecule has 0 aliphatic carbocycles. The molecule has 0 saturated carbocycles. The lowest BCUT2D eigenvalue weighted by Gasteiger charge is -1.88. The van der Waals surface area contributed by atoms with Crippen molar-refractivity contribution in [3.63, 3.8) is 0 Å². The fourth-order valence-corrected chi connectivity index (χ4v) is 0.797. The molecule has 0 radical (unpaired) electrons. The number of ketones is 2. The molecule has 16 heavy (non-hydrogen) atoms. The maximum Gasteiger partial charge on any atom is 0.206 e. The third-order valence-corrected chi connectivity index (χ3v) is 1.18. The average Bonchev–Trinajstić information content (AvgIpc) is 2.20. The molecule has 3 nitrogen and oxygen atoms in total. The van der Waals surface area contributed by atoms with Crippen molar-refractivity contribution in [3.8, 4) is 0 Å². The third kappa shape index (κ3) is 15.0. The first-order chi connectivity index (χ1) is 7.52. The van der Waals surface area contributed by atoms with Gasteiger partial charge in [0.15, 0.2) is 18.2 Å². The van der Waals surface area contributed by atoms with E-state index in [1.54, 1.807) is 6.92 Å². The van der Waals surface area contributed by atoms with Crippen LogP contribution in [0.25, 0.3) is 0 Å². The fraction of sp³-hybridized carbons (Fsp3) is 0.462. The van der Waals surface area contributed by atoms with Gasteiger partial charge in [-0.1, -0.05) is 19.9 Å². The predicted octanol–water partition coefficient (Wildman–Crippen LogP) is 2.18. The lowest BCUT2D eigenvalue weighted by molar-refractivity contribution is -0.684. The molecule has 1 aromatic rings. The maximum atomic E-state index is 10.6. The van der Waals surface area contributed by atoms with Crippen LogP contribution in [0.2, 0.25) is 0 Å². The van der Waals surface area contributed by atoms with Crippen LogP contribution >= 0.6 is 0 Å². The number of carbonyl (C=O) groups is 2. The molecule has 0 aromatic carbocycles. The molecular formula is C13H22NO2+. The van der Waals surface area contributed by atoms with Gasteiger partial charge in [0.1, 0.15) is 5.78 Å². The zero-order valence-corrected chi connectivity index (χ0v) is 10.9. The van der Waals surface area contributed by atoms with Crippen molar-refractivity contribution in [2.24, 2.45) is 0 Å². The van der Waals surface area contributed by atoms with Gasteiger partial charge in [-0.15, -0.1) is 0 Å². The average molecular weight is 224 g/mol. The highest BCUT2D eigenvalue weighted by atomic mass is 16.1. The highest BCUT2D eigenvalue weighted by Gasteiger charge is 1.99. The van der Waals surface area contributed by atoms with E-state index in [0.29, 0.717) is 6.54 Å². The standard InChI is InChI=1S/C8H10NO.C3H6O.C2H6/c1-8(10)7-9-5-3-2-4-6-9;1-3(2)4;1-2/h2-6H,7H2,1H3;1-2H3;1-2H3/q+1;;. The van der Waals surface area contributed by atoms with Gasteiger partial charge in [0.05, 0.1) is 0 Å². The number of rotatable bonds is 2. The van der Waals surface area contributed by atoms with Gasteiger partial charge < -0.3 is 4.79 Å². The quantitative estimate of drug-likeness (QED) is 0.722. The first kappa shape index (κ1) is 16.9. The number of hydrogen-bond donors (Lipinski definition) is 0. The molecule has 0 aliphatic rings. The highest BCUT2D eigenvalue weighted by molar-refractivity contribution is 5.73. The molecule has 0 atom stereocenters. The van der Waals surface area contributed by atoms with Gasteiger partial charge >= 0.3 is 0 Å². The minimum atomic E-state index is 0.167. The van der Waals surface area contributed by atoms with E-state index in [9.17, 15) is 9.59 Å². The Labute approximate surface area is 98.1 Å². The molecule has 0 unspecified atom stereocenters. The van der Waals surface area contributed by atoms with Gasteiger partial charge in [-0.05, 0) is 13.8 Å². The van der Waals surface area contributed by atoms with E-state index in [4.69, 9.17) is 0 Å². The molecule has 1 aromatic heterocycles. The zero-order chi connectivity index (χ0) is 13.0.